The van der Waals surface area contributed by atoms with E-state index in [1.165, 1.54) is 10.7 Å². The first-order valence-corrected chi connectivity index (χ1v) is 10.3. The molecule has 3 aliphatic heterocycles. The highest BCUT2D eigenvalue weighted by Gasteiger charge is 2.57. The van der Waals surface area contributed by atoms with Gasteiger partial charge >= 0.3 is 6.03 Å². The lowest BCUT2D eigenvalue weighted by Crippen LogP contribution is -2.73. The van der Waals surface area contributed by atoms with Crippen LogP contribution in [0.2, 0.25) is 0 Å². The van der Waals surface area contributed by atoms with Gasteiger partial charge in [-0.1, -0.05) is 0 Å². The fourth-order valence-electron chi connectivity index (χ4n) is 5.76. The van der Waals surface area contributed by atoms with Crippen LogP contribution in [0.15, 0.2) is 6.07 Å². The molecule has 0 atom stereocenters. The molecule has 29 heavy (non-hydrogen) atoms. The van der Waals surface area contributed by atoms with Crippen LogP contribution in [-0.4, -0.2) is 63.2 Å². The third kappa shape index (κ3) is 3.09. The van der Waals surface area contributed by atoms with Crippen LogP contribution in [0.1, 0.15) is 44.0 Å². The second-order valence-electron chi connectivity index (χ2n) is 9.84. The standard InChI is InChI=1S/C20H27F2N5O2/c1-13-5-15(18(2,21)22)27(24-13)8-14-6-19(7-14)9-25(10-19)17(29)26-11-20(12-26)4-3-16(28)23-20/h5,14H,3-4,6-12H2,1-2H3,(H,23,28). The van der Waals surface area contributed by atoms with Gasteiger partial charge in [0.25, 0.3) is 5.92 Å². The van der Waals surface area contributed by atoms with Gasteiger partial charge in [-0.2, -0.15) is 13.9 Å². The third-order valence-electron chi connectivity index (χ3n) is 7.04. The van der Waals surface area contributed by atoms with Crippen LogP contribution in [0, 0.1) is 18.3 Å². The molecule has 3 amide bonds. The summed E-state index contributed by atoms with van der Waals surface area (Å²) in [5.74, 6) is -2.49. The summed E-state index contributed by atoms with van der Waals surface area (Å²) in [6, 6.07) is 1.52. The van der Waals surface area contributed by atoms with Gasteiger partial charge in [0.15, 0.2) is 0 Å². The van der Waals surface area contributed by atoms with E-state index in [1.807, 2.05) is 9.80 Å². The van der Waals surface area contributed by atoms with Crippen molar-refractivity contribution in [1.82, 2.24) is 24.9 Å². The van der Waals surface area contributed by atoms with Crippen LogP contribution in [0.3, 0.4) is 0 Å². The highest BCUT2D eigenvalue weighted by Crippen LogP contribution is 2.53. The maximum Gasteiger partial charge on any atom is 0.320 e. The molecule has 1 aliphatic carbocycles. The molecule has 0 radical (unpaired) electrons. The number of alkyl halides is 2. The molecule has 0 unspecified atom stereocenters. The van der Waals surface area contributed by atoms with Crippen LogP contribution in [-0.2, 0) is 17.3 Å². The number of halogens is 2. The van der Waals surface area contributed by atoms with Crippen LogP contribution >= 0.6 is 0 Å². The van der Waals surface area contributed by atoms with Crippen LogP contribution < -0.4 is 5.32 Å². The van der Waals surface area contributed by atoms with Crippen LogP contribution in [0.4, 0.5) is 13.6 Å². The third-order valence-corrected chi connectivity index (χ3v) is 7.04. The summed E-state index contributed by atoms with van der Waals surface area (Å²) >= 11 is 0. The average molecular weight is 407 g/mol. The summed E-state index contributed by atoms with van der Waals surface area (Å²) in [6.07, 6.45) is 3.26. The summed E-state index contributed by atoms with van der Waals surface area (Å²) in [4.78, 5) is 27.8. The van der Waals surface area contributed by atoms with Crippen molar-refractivity contribution in [2.75, 3.05) is 26.2 Å². The Morgan fingerprint density at radius 3 is 2.52 bits per heavy atom. The molecule has 2 spiro atoms. The zero-order valence-electron chi connectivity index (χ0n) is 16.9. The number of likely N-dealkylation sites (tertiary alicyclic amines) is 2. The van der Waals surface area contributed by atoms with Gasteiger partial charge in [0.05, 0.1) is 11.2 Å². The molecular formula is C20H27F2N5O2. The van der Waals surface area contributed by atoms with Gasteiger partial charge < -0.3 is 15.1 Å². The van der Waals surface area contributed by atoms with Gasteiger partial charge in [-0.15, -0.1) is 0 Å². The topological polar surface area (TPSA) is 70.5 Å². The number of aromatic nitrogens is 2. The van der Waals surface area contributed by atoms with Crippen molar-refractivity contribution in [1.29, 1.82) is 0 Å². The van der Waals surface area contributed by atoms with E-state index in [9.17, 15) is 18.4 Å². The van der Waals surface area contributed by atoms with Gasteiger partial charge in [0.1, 0.15) is 5.69 Å². The minimum Gasteiger partial charge on any atom is -0.347 e. The Morgan fingerprint density at radius 2 is 1.93 bits per heavy atom. The molecule has 1 aromatic heterocycles. The average Bonchev–Trinajstić information content (AvgIpc) is 3.09. The largest absolute Gasteiger partial charge is 0.347 e. The van der Waals surface area contributed by atoms with E-state index in [1.54, 1.807) is 6.92 Å². The first kappa shape index (κ1) is 18.8. The number of rotatable bonds is 3. The summed E-state index contributed by atoms with van der Waals surface area (Å²) in [5, 5.41) is 7.25. The highest BCUT2D eigenvalue weighted by molar-refractivity contribution is 5.82. The van der Waals surface area contributed by atoms with Crippen molar-refractivity contribution in [3.63, 3.8) is 0 Å². The number of nitrogens with one attached hydrogen (secondary N) is 1. The summed E-state index contributed by atoms with van der Waals surface area (Å²) < 4.78 is 29.0. The Bertz CT molecular complexity index is 857. The fourth-order valence-corrected chi connectivity index (χ4v) is 5.76. The van der Waals surface area contributed by atoms with Crippen molar-refractivity contribution in [2.45, 2.75) is 57.5 Å². The van der Waals surface area contributed by atoms with Crippen LogP contribution in [0.25, 0.3) is 0 Å². The number of hydrogen-bond acceptors (Lipinski definition) is 3. The van der Waals surface area contributed by atoms with Crippen molar-refractivity contribution < 1.29 is 18.4 Å². The van der Waals surface area contributed by atoms with Gasteiger partial charge in [0.2, 0.25) is 5.91 Å². The first-order valence-electron chi connectivity index (χ1n) is 10.3. The van der Waals surface area contributed by atoms with Gasteiger partial charge in [-0.05, 0) is 38.2 Å². The Hall–Kier alpha value is -2.19. The Morgan fingerprint density at radius 1 is 1.28 bits per heavy atom. The van der Waals surface area contributed by atoms with Crippen molar-refractivity contribution >= 4 is 11.9 Å². The molecule has 1 aromatic rings. The molecule has 158 valence electrons. The first-order chi connectivity index (χ1) is 13.6. The monoisotopic (exact) mass is 407 g/mol. The second-order valence-corrected chi connectivity index (χ2v) is 9.84. The summed E-state index contributed by atoms with van der Waals surface area (Å²) in [6.45, 7) is 5.86. The normalized spacial score (nSPS) is 25.0. The molecule has 4 heterocycles. The fraction of sp³-hybridized carbons (Fsp3) is 0.750. The van der Waals surface area contributed by atoms with E-state index < -0.39 is 5.92 Å². The lowest BCUT2D eigenvalue weighted by Gasteiger charge is -2.61. The molecule has 5 rings (SSSR count). The van der Waals surface area contributed by atoms with Crippen molar-refractivity contribution in [3.05, 3.63) is 17.5 Å². The van der Waals surface area contributed by atoms with Crippen molar-refractivity contribution in [2.24, 2.45) is 11.3 Å². The number of aryl methyl sites for hydroxylation is 1. The Labute approximate surface area is 168 Å². The molecule has 9 heteroatoms. The highest BCUT2D eigenvalue weighted by atomic mass is 19.3. The van der Waals surface area contributed by atoms with E-state index in [0.29, 0.717) is 37.7 Å². The molecular weight excluding hydrogens is 380 g/mol. The van der Waals surface area contributed by atoms with Gasteiger partial charge in [-0.3, -0.25) is 9.48 Å². The van der Waals surface area contributed by atoms with E-state index in [-0.39, 0.29) is 28.6 Å². The van der Waals surface area contributed by atoms with E-state index in [2.05, 4.69) is 10.4 Å². The number of carbonyl (C=O) groups is 2. The number of amides is 3. The summed E-state index contributed by atoms with van der Waals surface area (Å²) in [7, 11) is 0. The minimum absolute atomic E-state index is 0.0212. The predicted octanol–water partition coefficient (Wildman–Crippen LogP) is 2.10. The molecule has 0 bridgehead atoms. The second kappa shape index (κ2) is 5.92. The minimum atomic E-state index is -2.89. The lowest BCUT2D eigenvalue weighted by atomic mass is 9.57. The summed E-state index contributed by atoms with van der Waals surface area (Å²) in [5.41, 5.74) is 0.563. The Kier molecular flexibility index (Phi) is 3.84. The zero-order valence-corrected chi connectivity index (χ0v) is 16.9. The van der Waals surface area contributed by atoms with Gasteiger partial charge in [-0.25, -0.2) is 4.79 Å². The van der Waals surface area contributed by atoms with Crippen LogP contribution in [0.5, 0.6) is 0 Å². The SMILES string of the molecule is Cc1cc(C(C)(F)F)n(CC2CC3(C2)CN(C(=O)N2CC4(CCC(=O)N4)C2)C3)n1. The number of urea groups is 1. The van der Waals surface area contributed by atoms with Crippen molar-refractivity contribution in [3.8, 4) is 0 Å². The van der Waals surface area contributed by atoms with Gasteiger partial charge in [0, 0.05) is 51.5 Å². The van der Waals surface area contributed by atoms with E-state index >= 15 is 0 Å². The predicted molar refractivity (Wildman–Crippen MR) is 100 cm³/mol. The molecule has 4 aliphatic rings. The zero-order chi connectivity index (χ0) is 20.6. The van der Waals surface area contributed by atoms with E-state index in [4.69, 9.17) is 0 Å². The molecule has 7 nitrogen and oxygen atoms in total. The smallest absolute Gasteiger partial charge is 0.320 e. The quantitative estimate of drug-likeness (QED) is 0.834. The maximum absolute atomic E-state index is 13.8. The molecule has 3 saturated heterocycles. The van der Waals surface area contributed by atoms with E-state index in [0.717, 1.165) is 39.3 Å². The Balaban J connectivity index is 1.10. The maximum atomic E-state index is 13.8. The molecule has 1 N–H and O–H groups in total. The number of hydrogen-bond donors (Lipinski definition) is 1. The lowest BCUT2D eigenvalue weighted by molar-refractivity contribution is -0.120. The molecule has 1 saturated carbocycles. The molecule has 4 fully saturated rings. The number of nitrogens with zero attached hydrogens (tertiary/aromatic N) is 4. The number of carbonyl (C=O) groups excluding carboxylic acids is 2. The molecule has 0 aromatic carbocycles.